The molecule has 0 amide bonds. The van der Waals surface area contributed by atoms with Gasteiger partial charge in [0.15, 0.2) is 0 Å². The summed E-state index contributed by atoms with van der Waals surface area (Å²) in [5.41, 5.74) is 1.80. The Hall–Kier alpha value is -2.41. The van der Waals surface area contributed by atoms with Crippen molar-refractivity contribution in [1.29, 1.82) is 0 Å². The maximum Gasteiger partial charge on any atom is 0.321 e. The van der Waals surface area contributed by atoms with Gasteiger partial charge in [0.1, 0.15) is 23.5 Å². The molecule has 29 heavy (non-hydrogen) atoms. The molecule has 0 saturated carbocycles. The van der Waals surface area contributed by atoms with E-state index in [1.54, 1.807) is 13.2 Å². The van der Waals surface area contributed by atoms with Gasteiger partial charge >= 0.3 is 5.97 Å². The lowest BCUT2D eigenvalue weighted by Crippen LogP contribution is -2.44. The molecule has 2 atom stereocenters. The number of rotatable bonds is 7. The summed E-state index contributed by atoms with van der Waals surface area (Å²) in [7, 11) is 1.60. The molecule has 2 aliphatic heterocycles. The van der Waals surface area contributed by atoms with Gasteiger partial charge in [0.2, 0.25) is 0 Å². The molecule has 2 aromatic carbocycles. The Bertz CT molecular complexity index is 821. The van der Waals surface area contributed by atoms with E-state index in [-0.39, 0.29) is 12.1 Å². The van der Waals surface area contributed by atoms with Gasteiger partial charge in [-0.3, -0.25) is 4.79 Å². The van der Waals surface area contributed by atoms with Gasteiger partial charge in [0.05, 0.1) is 7.11 Å². The summed E-state index contributed by atoms with van der Waals surface area (Å²) in [6, 6.07) is 15.3. The largest absolute Gasteiger partial charge is 0.497 e. The van der Waals surface area contributed by atoms with E-state index in [9.17, 15) is 4.79 Å². The van der Waals surface area contributed by atoms with Gasteiger partial charge in [0.25, 0.3) is 0 Å². The van der Waals surface area contributed by atoms with Crippen LogP contribution in [0, 0.1) is 0 Å². The zero-order valence-corrected chi connectivity index (χ0v) is 16.8. The van der Waals surface area contributed by atoms with Crippen LogP contribution in [0.15, 0.2) is 48.5 Å². The predicted molar refractivity (Wildman–Crippen MR) is 110 cm³/mol. The molecule has 154 valence electrons. The summed E-state index contributed by atoms with van der Waals surface area (Å²) in [6.07, 6.45) is 0.557. The lowest BCUT2D eigenvalue weighted by Gasteiger charge is -2.33. The number of nitrogens with one attached hydrogen (secondary N) is 1. The molecule has 1 fully saturated rings. The van der Waals surface area contributed by atoms with Crippen molar-refractivity contribution in [3.63, 3.8) is 0 Å². The highest BCUT2D eigenvalue weighted by Gasteiger charge is 2.39. The lowest BCUT2D eigenvalue weighted by atomic mass is 9.86. The molecule has 0 spiro atoms. The van der Waals surface area contributed by atoms with Gasteiger partial charge in [-0.1, -0.05) is 30.3 Å². The van der Waals surface area contributed by atoms with Crippen molar-refractivity contribution >= 4 is 5.97 Å². The SMILES string of the molecule is COc1ccc2c(c1)OC(=O)C(c1ccccc1)C2OCCCN1CCNCC1. The number of carbonyl (C=O) groups excluding carboxylic acids is 1. The molecule has 6 heteroatoms. The fourth-order valence-electron chi connectivity index (χ4n) is 4.03. The Morgan fingerprint density at radius 3 is 2.69 bits per heavy atom. The van der Waals surface area contributed by atoms with Crippen LogP contribution in [-0.4, -0.2) is 57.3 Å². The molecule has 1 saturated heterocycles. The van der Waals surface area contributed by atoms with Crippen LogP contribution in [0.25, 0.3) is 0 Å². The summed E-state index contributed by atoms with van der Waals surface area (Å²) in [6.45, 7) is 5.83. The Morgan fingerprint density at radius 2 is 1.93 bits per heavy atom. The Balaban J connectivity index is 1.51. The average Bonchev–Trinajstić information content (AvgIpc) is 2.77. The number of methoxy groups -OCH3 is 1. The average molecular weight is 396 g/mol. The maximum atomic E-state index is 12.9. The molecule has 2 heterocycles. The van der Waals surface area contributed by atoms with Crippen molar-refractivity contribution in [1.82, 2.24) is 10.2 Å². The lowest BCUT2D eigenvalue weighted by molar-refractivity contribution is -0.143. The van der Waals surface area contributed by atoms with Crippen molar-refractivity contribution in [3.8, 4) is 11.5 Å². The first-order chi connectivity index (χ1) is 14.3. The number of hydrogen-bond donors (Lipinski definition) is 1. The Morgan fingerprint density at radius 1 is 1.14 bits per heavy atom. The van der Waals surface area contributed by atoms with E-state index in [1.807, 2.05) is 42.5 Å². The summed E-state index contributed by atoms with van der Waals surface area (Å²) < 4.78 is 17.3. The second-order valence-electron chi connectivity index (χ2n) is 7.45. The van der Waals surface area contributed by atoms with Crippen LogP contribution in [-0.2, 0) is 9.53 Å². The summed E-state index contributed by atoms with van der Waals surface area (Å²) in [5, 5.41) is 3.37. The van der Waals surface area contributed by atoms with Crippen LogP contribution in [0.3, 0.4) is 0 Å². The van der Waals surface area contributed by atoms with Crippen molar-refractivity contribution < 1.29 is 19.0 Å². The van der Waals surface area contributed by atoms with Gasteiger partial charge in [-0.25, -0.2) is 0 Å². The van der Waals surface area contributed by atoms with Gasteiger partial charge in [-0.15, -0.1) is 0 Å². The zero-order valence-electron chi connectivity index (χ0n) is 16.8. The molecule has 0 aromatic heterocycles. The van der Waals surface area contributed by atoms with E-state index in [0.29, 0.717) is 18.1 Å². The number of benzene rings is 2. The number of fused-ring (bicyclic) bond motifs is 1. The Labute approximate surface area is 171 Å². The topological polar surface area (TPSA) is 60.0 Å². The first kappa shape index (κ1) is 19.9. The van der Waals surface area contributed by atoms with Crippen molar-refractivity contribution in [2.24, 2.45) is 0 Å². The zero-order chi connectivity index (χ0) is 20.1. The van der Waals surface area contributed by atoms with Crippen LogP contribution in [0.4, 0.5) is 0 Å². The van der Waals surface area contributed by atoms with Crippen molar-refractivity contribution in [2.45, 2.75) is 18.4 Å². The molecule has 6 nitrogen and oxygen atoms in total. The molecule has 0 bridgehead atoms. The standard InChI is InChI=1S/C23H28N2O4/c1-27-18-8-9-19-20(16-18)29-23(26)21(17-6-3-2-4-7-17)22(19)28-15-5-12-25-13-10-24-11-14-25/h2-4,6-9,16,21-22,24H,5,10-15H2,1H3. The molecule has 0 aliphatic carbocycles. The van der Waals surface area contributed by atoms with E-state index in [0.717, 1.165) is 50.3 Å². The number of piperazine rings is 1. The summed E-state index contributed by atoms with van der Waals surface area (Å²) in [4.78, 5) is 15.3. The number of carbonyl (C=O) groups is 1. The molecular formula is C23H28N2O4. The van der Waals surface area contributed by atoms with Gasteiger partial charge in [0, 0.05) is 51.0 Å². The molecule has 0 radical (unpaired) electrons. The monoisotopic (exact) mass is 396 g/mol. The van der Waals surface area contributed by atoms with Gasteiger partial charge in [-0.2, -0.15) is 0 Å². The van der Waals surface area contributed by atoms with Crippen molar-refractivity contribution in [2.75, 3.05) is 46.4 Å². The first-order valence-electron chi connectivity index (χ1n) is 10.3. The molecule has 2 unspecified atom stereocenters. The molecule has 4 rings (SSSR count). The third kappa shape index (κ3) is 4.61. The van der Waals surface area contributed by atoms with Crippen LogP contribution < -0.4 is 14.8 Å². The normalized spacial score (nSPS) is 22.0. The van der Waals surface area contributed by atoms with E-state index in [2.05, 4.69) is 10.2 Å². The molecule has 2 aromatic rings. The van der Waals surface area contributed by atoms with E-state index in [4.69, 9.17) is 14.2 Å². The van der Waals surface area contributed by atoms with E-state index in [1.165, 1.54) is 0 Å². The minimum atomic E-state index is -0.476. The second kappa shape index (κ2) is 9.39. The minimum absolute atomic E-state index is 0.288. The Kier molecular flexibility index (Phi) is 6.44. The molecule has 1 N–H and O–H groups in total. The summed E-state index contributed by atoms with van der Waals surface area (Å²) in [5.74, 6) is 0.418. The van der Waals surface area contributed by atoms with Gasteiger partial charge in [-0.05, 0) is 24.1 Å². The summed E-state index contributed by atoms with van der Waals surface area (Å²) >= 11 is 0. The van der Waals surface area contributed by atoms with Crippen LogP contribution >= 0.6 is 0 Å². The van der Waals surface area contributed by atoms with E-state index < -0.39 is 5.92 Å². The van der Waals surface area contributed by atoms with Crippen LogP contribution in [0.1, 0.15) is 29.6 Å². The first-order valence-corrected chi connectivity index (χ1v) is 10.3. The fraction of sp³-hybridized carbons (Fsp3) is 0.435. The maximum absolute atomic E-state index is 12.9. The third-order valence-corrected chi connectivity index (χ3v) is 5.58. The van der Waals surface area contributed by atoms with Crippen LogP contribution in [0.5, 0.6) is 11.5 Å². The van der Waals surface area contributed by atoms with Crippen molar-refractivity contribution in [3.05, 3.63) is 59.7 Å². The highest BCUT2D eigenvalue weighted by Crippen LogP contribution is 2.44. The van der Waals surface area contributed by atoms with E-state index >= 15 is 0 Å². The second-order valence-corrected chi connectivity index (χ2v) is 7.45. The number of hydrogen-bond acceptors (Lipinski definition) is 6. The highest BCUT2D eigenvalue weighted by atomic mass is 16.6. The highest BCUT2D eigenvalue weighted by molar-refractivity contribution is 5.84. The molecule has 2 aliphatic rings. The predicted octanol–water partition coefficient (Wildman–Crippen LogP) is 2.75. The third-order valence-electron chi connectivity index (χ3n) is 5.58. The molecular weight excluding hydrogens is 368 g/mol. The minimum Gasteiger partial charge on any atom is -0.497 e. The number of esters is 1. The smallest absolute Gasteiger partial charge is 0.321 e. The van der Waals surface area contributed by atoms with Gasteiger partial charge < -0.3 is 24.4 Å². The number of ether oxygens (including phenoxy) is 3. The number of nitrogens with zero attached hydrogens (tertiary/aromatic N) is 1. The quantitative estimate of drug-likeness (QED) is 0.441. The fourth-order valence-corrected chi connectivity index (χ4v) is 4.03. The van der Waals surface area contributed by atoms with Crippen LogP contribution in [0.2, 0.25) is 0 Å².